The zero-order chi connectivity index (χ0) is 18.4. The van der Waals surface area contributed by atoms with Crippen LogP contribution in [0.4, 0.5) is 5.95 Å². The summed E-state index contributed by atoms with van der Waals surface area (Å²) >= 11 is 0. The molecule has 7 heteroatoms. The van der Waals surface area contributed by atoms with Crippen molar-refractivity contribution in [2.75, 3.05) is 24.5 Å². The molecule has 5 rings (SSSR count). The number of carbonyl (C=O) groups excluding carboxylic acids is 1. The Morgan fingerprint density at radius 1 is 1.41 bits per heavy atom. The highest BCUT2D eigenvalue weighted by atomic mass is 16.5. The first-order valence-corrected chi connectivity index (χ1v) is 9.72. The second-order valence-electron chi connectivity index (χ2n) is 7.88. The SMILES string of the molecule is CCc1cnc(N2C[C@@H]3[C@H](CNC(=O)c4ccoc4)[C@H]4CC[C@]3(C2)O4)nc1. The van der Waals surface area contributed by atoms with Crippen LogP contribution in [0.25, 0.3) is 0 Å². The molecular weight excluding hydrogens is 344 g/mol. The molecule has 27 heavy (non-hydrogen) atoms. The van der Waals surface area contributed by atoms with Crippen LogP contribution in [0.15, 0.2) is 35.4 Å². The minimum Gasteiger partial charge on any atom is -0.472 e. The van der Waals surface area contributed by atoms with Gasteiger partial charge in [-0.05, 0) is 30.9 Å². The van der Waals surface area contributed by atoms with Gasteiger partial charge in [-0.15, -0.1) is 0 Å². The smallest absolute Gasteiger partial charge is 0.254 e. The largest absolute Gasteiger partial charge is 0.472 e. The number of aryl methyl sites for hydroxylation is 1. The maximum Gasteiger partial charge on any atom is 0.254 e. The minimum absolute atomic E-state index is 0.0890. The molecule has 3 fully saturated rings. The van der Waals surface area contributed by atoms with E-state index in [1.165, 1.54) is 12.5 Å². The van der Waals surface area contributed by atoms with Crippen molar-refractivity contribution < 1.29 is 13.9 Å². The number of aromatic nitrogens is 2. The van der Waals surface area contributed by atoms with Crippen molar-refractivity contribution in [3.8, 4) is 0 Å². The molecular formula is C20H24N4O3. The number of ether oxygens (including phenoxy) is 1. The first kappa shape index (κ1) is 16.7. The van der Waals surface area contributed by atoms with Crippen molar-refractivity contribution >= 4 is 11.9 Å². The number of anilines is 1. The third-order valence-corrected chi connectivity index (χ3v) is 6.45. The number of fused-ring (bicyclic) bond motifs is 1. The summed E-state index contributed by atoms with van der Waals surface area (Å²) in [7, 11) is 0. The van der Waals surface area contributed by atoms with Crippen molar-refractivity contribution in [1.29, 1.82) is 0 Å². The number of rotatable bonds is 5. The summed E-state index contributed by atoms with van der Waals surface area (Å²) < 4.78 is 11.4. The van der Waals surface area contributed by atoms with Crippen LogP contribution in [0.1, 0.15) is 35.7 Å². The van der Waals surface area contributed by atoms with E-state index in [0.29, 0.717) is 23.9 Å². The van der Waals surface area contributed by atoms with Crippen LogP contribution in [-0.4, -0.2) is 47.2 Å². The zero-order valence-corrected chi connectivity index (χ0v) is 15.4. The van der Waals surface area contributed by atoms with Crippen molar-refractivity contribution in [1.82, 2.24) is 15.3 Å². The summed E-state index contributed by atoms with van der Waals surface area (Å²) in [5.74, 6) is 1.42. The number of carbonyl (C=O) groups is 1. The summed E-state index contributed by atoms with van der Waals surface area (Å²) in [5, 5.41) is 3.06. The summed E-state index contributed by atoms with van der Waals surface area (Å²) in [6, 6.07) is 1.68. The van der Waals surface area contributed by atoms with Gasteiger partial charge in [0.25, 0.3) is 5.91 Å². The van der Waals surface area contributed by atoms with Crippen LogP contribution in [-0.2, 0) is 11.2 Å². The van der Waals surface area contributed by atoms with Gasteiger partial charge in [-0.1, -0.05) is 6.92 Å². The molecule has 5 heterocycles. The van der Waals surface area contributed by atoms with E-state index in [0.717, 1.165) is 43.9 Å². The summed E-state index contributed by atoms with van der Waals surface area (Å²) in [6.45, 7) is 4.46. The van der Waals surface area contributed by atoms with Gasteiger partial charge >= 0.3 is 0 Å². The van der Waals surface area contributed by atoms with Gasteiger partial charge in [0.05, 0.1) is 30.1 Å². The Bertz CT molecular complexity index is 822. The van der Waals surface area contributed by atoms with E-state index in [2.05, 4.69) is 27.1 Å². The molecule has 0 saturated carbocycles. The van der Waals surface area contributed by atoms with Gasteiger partial charge in [-0.2, -0.15) is 0 Å². The Labute approximate surface area is 158 Å². The van der Waals surface area contributed by atoms with Crippen molar-refractivity contribution in [3.05, 3.63) is 42.1 Å². The number of hydrogen-bond acceptors (Lipinski definition) is 6. The van der Waals surface area contributed by atoms with E-state index >= 15 is 0 Å². The molecule has 2 aromatic heterocycles. The highest BCUT2D eigenvalue weighted by Crippen LogP contribution is 2.54. The van der Waals surface area contributed by atoms with Crippen LogP contribution in [0.5, 0.6) is 0 Å². The molecule has 4 atom stereocenters. The molecule has 7 nitrogen and oxygen atoms in total. The van der Waals surface area contributed by atoms with Crippen LogP contribution in [0.3, 0.4) is 0 Å². The fraction of sp³-hybridized carbons (Fsp3) is 0.550. The molecule has 1 spiro atoms. The van der Waals surface area contributed by atoms with E-state index in [1.54, 1.807) is 6.07 Å². The molecule has 1 amide bonds. The lowest BCUT2D eigenvalue weighted by Crippen LogP contribution is -2.41. The van der Waals surface area contributed by atoms with Crippen LogP contribution < -0.4 is 10.2 Å². The van der Waals surface area contributed by atoms with E-state index in [4.69, 9.17) is 9.15 Å². The molecule has 0 unspecified atom stereocenters. The van der Waals surface area contributed by atoms with Gasteiger partial charge in [-0.3, -0.25) is 4.79 Å². The second kappa shape index (κ2) is 6.34. The van der Waals surface area contributed by atoms with Gasteiger partial charge in [0.15, 0.2) is 0 Å². The van der Waals surface area contributed by atoms with Gasteiger partial charge < -0.3 is 19.4 Å². The van der Waals surface area contributed by atoms with E-state index in [-0.39, 0.29) is 17.6 Å². The van der Waals surface area contributed by atoms with Crippen LogP contribution in [0.2, 0.25) is 0 Å². The molecule has 3 aliphatic heterocycles. The minimum atomic E-state index is -0.109. The molecule has 2 aromatic rings. The molecule has 0 aliphatic carbocycles. The van der Waals surface area contributed by atoms with E-state index < -0.39 is 0 Å². The molecule has 142 valence electrons. The number of amides is 1. The standard InChI is InChI=1S/C20H24N4O3/c1-2-13-7-22-19(23-8-13)24-10-16-15(17-3-5-20(16,12-24)27-17)9-21-18(25)14-4-6-26-11-14/h4,6-8,11,15-17H,2-3,5,9-10,12H2,1H3,(H,21,25)/t15-,16+,17+,20+/m0/s1. The Morgan fingerprint density at radius 2 is 2.26 bits per heavy atom. The molecule has 3 saturated heterocycles. The molecule has 2 bridgehead atoms. The summed E-state index contributed by atoms with van der Waals surface area (Å²) in [6.07, 6.45) is 10.1. The monoisotopic (exact) mass is 368 g/mol. The summed E-state index contributed by atoms with van der Waals surface area (Å²) in [5.41, 5.74) is 1.60. The van der Waals surface area contributed by atoms with E-state index in [1.807, 2.05) is 12.4 Å². The lowest BCUT2D eigenvalue weighted by atomic mass is 9.73. The van der Waals surface area contributed by atoms with E-state index in [9.17, 15) is 4.79 Å². The van der Waals surface area contributed by atoms with Gasteiger partial charge in [0, 0.05) is 37.3 Å². The Kier molecular flexibility index (Phi) is 3.93. The highest BCUT2D eigenvalue weighted by molar-refractivity contribution is 5.93. The number of hydrogen-bond donors (Lipinski definition) is 1. The van der Waals surface area contributed by atoms with Crippen LogP contribution >= 0.6 is 0 Å². The lowest BCUT2D eigenvalue weighted by molar-refractivity contribution is 0.0141. The Balaban J connectivity index is 1.29. The second-order valence-corrected chi connectivity index (χ2v) is 7.88. The quantitative estimate of drug-likeness (QED) is 0.870. The molecule has 0 radical (unpaired) electrons. The molecule has 1 N–H and O–H groups in total. The predicted octanol–water partition coefficient (Wildman–Crippen LogP) is 2.05. The van der Waals surface area contributed by atoms with Crippen molar-refractivity contribution in [3.63, 3.8) is 0 Å². The third kappa shape index (κ3) is 2.72. The third-order valence-electron chi connectivity index (χ3n) is 6.45. The maximum absolute atomic E-state index is 12.3. The van der Waals surface area contributed by atoms with Crippen LogP contribution in [0, 0.1) is 11.8 Å². The Hall–Kier alpha value is -2.41. The molecule has 3 aliphatic rings. The molecule has 0 aromatic carbocycles. The van der Waals surface area contributed by atoms with Gasteiger partial charge in [0.2, 0.25) is 5.95 Å². The number of nitrogens with one attached hydrogen (secondary N) is 1. The summed E-state index contributed by atoms with van der Waals surface area (Å²) in [4.78, 5) is 23.6. The maximum atomic E-state index is 12.3. The topological polar surface area (TPSA) is 80.5 Å². The average Bonchev–Trinajstić information content (AvgIpc) is 3.46. The zero-order valence-electron chi connectivity index (χ0n) is 15.4. The average molecular weight is 368 g/mol. The fourth-order valence-electron chi connectivity index (χ4n) is 5.02. The number of nitrogens with zero attached hydrogens (tertiary/aromatic N) is 3. The lowest BCUT2D eigenvalue weighted by Gasteiger charge is -2.29. The first-order valence-electron chi connectivity index (χ1n) is 9.72. The van der Waals surface area contributed by atoms with Gasteiger partial charge in [-0.25, -0.2) is 9.97 Å². The predicted molar refractivity (Wildman–Crippen MR) is 98.5 cm³/mol. The normalized spacial score (nSPS) is 31.3. The Morgan fingerprint density at radius 3 is 3.00 bits per heavy atom. The fourth-order valence-corrected chi connectivity index (χ4v) is 5.02. The van der Waals surface area contributed by atoms with Gasteiger partial charge in [0.1, 0.15) is 6.26 Å². The first-order chi connectivity index (χ1) is 13.2. The van der Waals surface area contributed by atoms with Crippen molar-refractivity contribution in [2.45, 2.75) is 37.9 Å². The van der Waals surface area contributed by atoms with Crippen molar-refractivity contribution in [2.24, 2.45) is 11.8 Å². The number of furan rings is 1. The highest BCUT2D eigenvalue weighted by Gasteiger charge is 2.63.